The Kier molecular flexibility index (Phi) is 4.13. The van der Waals surface area contributed by atoms with Crippen molar-refractivity contribution in [2.75, 3.05) is 0 Å². The van der Waals surface area contributed by atoms with Crippen LogP contribution >= 0.6 is 43.5 Å². The van der Waals surface area contributed by atoms with Crippen LogP contribution in [0.15, 0.2) is 42.5 Å². The summed E-state index contributed by atoms with van der Waals surface area (Å²) < 4.78 is 0.0985. The zero-order valence-electron chi connectivity index (χ0n) is 8.70. The molecule has 0 aromatic heterocycles. The molecule has 0 saturated carbocycles. The maximum absolute atomic E-state index is 9.24. The van der Waals surface area contributed by atoms with Gasteiger partial charge in [0.15, 0.2) is 0 Å². The third kappa shape index (κ3) is 3.03. The van der Waals surface area contributed by atoms with Crippen LogP contribution < -0.4 is 0 Å². The van der Waals surface area contributed by atoms with E-state index in [9.17, 15) is 5.11 Å². The van der Waals surface area contributed by atoms with Crippen molar-refractivity contribution in [3.63, 3.8) is 0 Å². The van der Waals surface area contributed by atoms with Crippen molar-refractivity contribution < 1.29 is 5.11 Å². The van der Waals surface area contributed by atoms with Gasteiger partial charge < -0.3 is 5.11 Å². The largest absolute Gasteiger partial charge is 0.508 e. The summed E-state index contributed by atoms with van der Waals surface area (Å²) in [5.74, 6) is 0.252. The highest BCUT2D eigenvalue weighted by Crippen LogP contribution is 2.35. The smallest absolute Gasteiger partial charge is 0.115 e. The number of rotatable bonds is 2. The second-order valence-corrected chi connectivity index (χ2v) is 7.05. The molecular weight excluding hydrogens is 367 g/mol. The lowest BCUT2D eigenvalue weighted by Gasteiger charge is -2.08. The van der Waals surface area contributed by atoms with Crippen LogP contribution in [0.5, 0.6) is 5.75 Å². The number of phenols is 1. The first kappa shape index (κ1) is 12.9. The van der Waals surface area contributed by atoms with Crippen LogP contribution in [0.4, 0.5) is 0 Å². The molecule has 0 bridgehead atoms. The molecule has 0 saturated heterocycles. The highest BCUT2D eigenvalue weighted by Gasteiger charge is 2.08. The molecule has 0 amide bonds. The molecule has 2 rings (SSSR count). The van der Waals surface area contributed by atoms with E-state index in [1.165, 1.54) is 0 Å². The molecular formula is C13H9Br2ClO. The molecule has 17 heavy (non-hydrogen) atoms. The van der Waals surface area contributed by atoms with Gasteiger partial charge in [-0.3, -0.25) is 0 Å². The van der Waals surface area contributed by atoms with E-state index in [0.717, 1.165) is 16.7 Å². The van der Waals surface area contributed by atoms with Crippen LogP contribution in [-0.4, -0.2) is 5.11 Å². The van der Waals surface area contributed by atoms with Gasteiger partial charge in [-0.1, -0.05) is 67.7 Å². The van der Waals surface area contributed by atoms with Crippen molar-refractivity contribution >= 4 is 43.5 Å². The average molecular weight is 376 g/mol. The standard InChI is InChI=1S/C13H9Br2ClO/c14-13(15)9-3-6-11(12(16)7-9)8-1-4-10(17)5-2-8/h1-7,13,17H. The molecule has 0 aliphatic rings. The Labute approximate surface area is 122 Å². The Hall–Kier alpha value is -0.510. The summed E-state index contributed by atoms with van der Waals surface area (Å²) >= 11 is 13.1. The van der Waals surface area contributed by atoms with E-state index < -0.39 is 0 Å². The predicted octanol–water partition coefficient (Wildman–Crippen LogP) is 5.50. The first-order chi connectivity index (χ1) is 8.08. The minimum absolute atomic E-state index is 0.0985. The third-order valence-electron chi connectivity index (χ3n) is 2.42. The molecule has 0 radical (unpaired) electrons. The van der Waals surface area contributed by atoms with Gasteiger partial charge in [0.05, 0.1) is 3.74 Å². The lowest BCUT2D eigenvalue weighted by atomic mass is 10.0. The molecule has 1 nitrogen and oxygen atoms in total. The summed E-state index contributed by atoms with van der Waals surface area (Å²) in [6, 6.07) is 12.9. The minimum atomic E-state index is 0.0985. The van der Waals surface area contributed by atoms with E-state index in [0.29, 0.717) is 5.02 Å². The van der Waals surface area contributed by atoms with Crippen LogP contribution in [-0.2, 0) is 0 Å². The Morgan fingerprint density at radius 3 is 2.18 bits per heavy atom. The van der Waals surface area contributed by atoms with Crippen LogP contribution in [0.2, 0.25) is 5.02 Å². The topological polar surface area (TPSA) is 20.2 Å². The number of phenolic OH excluding ortho intramolecular Hbond substituents is 1. The fraction of sp³-hybridized carbons (Fsp3) is 0.0769. The summed E-state index contributed by atoms with van der Waals surface area (Å²) in [4.78, 5) is 0. The molecule has 1 N–H and O–H groups in total. The maximum Gasteiger partial charge on any atom is 0.115 e. The van der Waals surface area contributed by atoms with Gasteiger partial charge in [0.1, 0.15) is 5.75 Å². The summed E-state index contributed by atoms with van der Waals surface area (Å²) in [6.45, 7) is 0. The van der Waals surface area contributed by atoms with E-state index in [1.54, 1.807) is 12.1 Å². The van der Waals surface area contributed by atoms with E-state index >= 15 is 0 Å². The first-order valence-electron chi connectivity index (χ1n) is 4.95. The third-order valence-corrected chi connectivity index (χ3v) is 3.79. The minimum Gasteiger partial charge on any atom is -0.508 e. The molecule has 0 atom stereocenters. The van der Waals surface area contributed by atoms with Crippen LogP contribution in [0.1, 0.15) is 9.30 Å². The second kappa shape index (κ2) is 5.42. The number of hydrogen-bond acceptors (Lipinski definition) is 1. The van der Waals surface area contributed by atoms with Crippen LogP contribution in [0, 0.1) is 0 Å². The summed E-state index contributed by atoms with van der Waals surface area (Å²) in [5, 5.41) is 9.94. The number of hydrogen-bond donors (Lipinski definition) is 1. The number of halogens is 3. The Morgan fingerprint density at radius 1 is 1.00 bits per heavy atom. The number of aromatic hydroxyl groups is 1. The van der Waals surface area contributed by atoms with Gasteiger partial charge in [-0.05, 0) is 29.3 Å². The van der Waals surface area contributed by atoms with Gasteiger partial charge in [-0.2, -0.15) is 0 Å². The van der Waals surface area contributed by atoms with Crippen molar-refractivity contribution in [2.24, 2.45) is 0 Å². The zero-order chi connectivity index (χ0) is 12.4. The van der Waals surface area contributed by atoms with Crippen LogP contribution in [0.3, 0.4) is 0 Å². The SMILES string of the molecule is Oc1ccc(-c2ccc(C(Br)Br)cc2Cl)cc1. The Balaban J connectivity index is 2.43. The van der Waals surface area contributed by atoms with Crippen molar-refractivity contribution in [3.05, 3.63) is 53.1 Å². The maximum atomic E-state index is 9.24. The highest BCUT2D eigenvalue weighted by atomic mass is 79.9. The normalized spacial score (nSPS) is 10.8. The molecule has 0 spiro atoms. The average Bonchev–Trinajstić information content (AvgIpc) is 2.30. The van der Waals surface area contributed by atoms with Crippen LogP contribution in [0.25, 0.3) is 11.1 Å². The molecule has 0 heterocycles. The van der Waals surface area contributed by atoms with Gasteiger partial charge in [-0.25, -0.2) is 0 Å². The number of benzene rings is 2. The zero-order valence-corrected chi connectivity index (χ0v) is 12.6. The molecule has 4 heteroatoms. The lowest BCUT2D eigenvalue weighted by molar-refractivity contribution is 0.475. The predicted molar refractivity (Wildman–Crippen MR) is 79.1 cm³/mol. The van der Waals surface area contributed by atoms with E-state index in [2.05, 4.69) is 31.9 Å². The van der Waals surface area contributed by atoms with E-state index in [-0.39, 0.29) is 9.49 Å². The van der Waals surface area contributed by atoms with Gasteiger partial charge in [0.2, 0.25) is 0 Å². The molecule has 88 valence electrons. The highest BCUT2D eigenvalue weighted by molar-refractivity contribution is 9.24. The lowest BCUT2D eigenvalue weighted by Crippen LogP contribution is -1.84. The monoisotopic (exact) mass is 374 g/mol. The molecule has 0 aliphatic carbocycles. The summed E-state index contributed by atoms with van der Waals surface area (Å²) in [6.07, 6.45) is 0. The van der Waals surface area contributed by atoms with Gasteiger partial charge in [0.25, 0.3) is 0 Å². The van der Waals surface area contributed by atoms with Gasteiger partial charge >= 0.3 is 0 Å². The Bertz CT molecular complexity index is 523. The second-order valence-electron chi connectivity index (χ2n) is 3.59. The van der Waals surface area contributed by atoms with Crippen molar-refractivity contribution in [1.29, 1.82) is 0 Å². The molecule has 2 aromatic rings. The van der Waals surface area contributed by atoms with Gasteiger partial charge in [0, 0.05) is 10.6 Å². The fourth-order valence-corrected chi connectivity index (χ4v) is 2.41. The van der Waals surface area contributed by atoms with Crippen molar-refractivity contribution in [2.45, 2.75) is 3.74 Å². The number of alkyl halides is 2. The molecule has 0 fully saturated rings. The quantitative estimate of drug-likeness (QED) is 0.686. The van der Waals surface area contributed by atoms with E-state index in [4.69, 9.17) is 11.6 Å². The Morgan fingerprint density at radius 2 is 1.65 bits per heavy atom. The molecule has 2 aromatic carbocycles. The van der Waals surface area contributed by atoms with Crippen molar-refractivity contribution in [3.8, 4) is 16.9 Å². The van der Waals surface area contributed by atoms with Gasteiger partial charge in [-0.15, -0.1) is 0 Å². The van der Waals surface area contributed by atoms with Crippen molar-refractivity contribution in [1.82, 2.24) is 0 Å². The van der Waals surface area contributed by atoms with E-state index in [1.807, 2.05) is 30.3 Å². The summed E-state index contributed by atoms with van der Waals surface area (Å²) in [7, 11) is 0. The molecule has 0 aliphatic heterocycles. The first-order valence-corrected chi connectivity index (χ1v) is 7.16. The summed E-state index contributed by atoms with van der Waals surface area (Å²) in [5.41, 5.74) is 3.01. The fourth-order valence-electron chi connectivity index (χ4n) is 1.54. The molecule has 0 unspecified atom stereocenters.